The molecule has 0 aliphatic rings. The molecule has 0 saturated heterocycles. The molecular weight excluding hydrogens is 246 g/mol. The molecule has 2 atom stereocenters. The van der Waals surface area contributed by atoms with Crippen LogP contribution >= 0.6 is 0 Å². The maximum atomic E-state index is 10.9. The van der Waals surface area contributed by atoms with Gasteiger partial charge in [-0.2, -0.15) is 0 Å². The summed E-state index contributed by atoms with van der Waals surface area (Å²) in [5, 5.41) is 31.1. The van der Waals surface area contributed by atoms with E-state index in [1.54, 1.807) is 36.4 Å². The second kappa shape index (κ2) is 5.60. The third kappa shape index (κ3) is 2.78. The lowest BCUT2D eigenvalue weighted by Crippen LogP contribution is -2.12. The second-order valence-electron chi connectivity index (χ2n) is 4.12. The number of aliphatic hydroxyl groups is 2. The van der Waals surface area contributed by atoms with Gasteiger partial charge >= 0.3 is 0 Å². The maximum Gasteiger partial charge on any atom is 0.275 e. The Bertz CT molecular complexity index is 571. The van der Waals surface area contributed by atoms with E-state index < -0.39 is 17.1 Å². The van der Waals surface area contributed by atoms with Gasteiger partial charge < -0.3 is 10.2 Å². The molecule has 2 aromatic carbocycles. The van der Waals surface area contributed by atoms with Crippen LogP contribution in [-0.4, -0.2) is 15.1 Å². The van der Waals surface area contributed by atoms with Crippen LogP contribution < -0.4 is 0 Å². The van der Waals surface area contributed by atoms with Crippen molar-refractivity contribution in [1.29, 1.82) is 0 Å². The molecule has 0 radical (unpaired) electrons. The Morgan fingerprint density at radius 1 is 0.895 bits per heavy atom. The van der Waals surface area contributed by atoms with E-state index in [1.807, 2.05) is 0 Å². The molecule has 0 bridgehead atoms. The molecule has 0 spiro atoms. The van der Waals surface area contributed by atoms with E-state index in [9.17, 15) is 20.3 Å². The van der Waals surface area contributed by atoms with Gasteiger partial charge in [0.15, 0.2) is 0 Å². The van der Waals surface area contributed by atoms with Gasteiger partial charge in [0.25, 0.3) is 5.69 Å². The fraction of sp³-hybridized carbons (Fsp3) is 0.143. The third-order valence-corrected chi connectivity index (χ3v) is 2.89. The average molecular weight is 259 g/mol. The van der Waals surface area contributed by atoms with Crippen molar-refractivity contribution in [3.63, 3.8) is 0 Å². The van der Waals surface area contributed by atoms with Crippen molar-refractivity contribution in [2.45, 2.75) is 12.2 Å². The SMILES string of the molecule is O=[N+]([O-])c1ccccc1[C@H](O)[C@@H](O)c1ccccc1. The predicted octanol–water partition coefficient (Wildman–Crippen LogP) is 2.36. The Balaban J connectivity index is 2.34. The molecular formula is C14H13NO4. The normalized spacial score (nSPS) is 13.8. The van der Waals surface area contributed by atoms with E-state index in [-0.39, 0.29) is 11.3 Å². The Labute approximate surface area is 109 Å². The highest BCUT2D eigenvalue weighted by Gasteiger charge is 2.26. The van der Waals surface area contributed by atoms with Crippen molar-refractivity contribution in [3.8, 4) is 0 Å². The molecule has 0 saturated carbocycles. The van der Waals surface area contributed by atoms with Gasteiger partial charge in [-0.1, -0.05) is 42.5 Å². The molecule has 0 fully saturated rings. The number of nitro benzene ring substituents is 1. The van der Waals surface area contributed by atoms with Gasteiger partial charge in [0.05, 0.1) is 10.5 Å². The first kappa shape index (κ1) is 13.2. The van der Waals surface area contributed by atoms with Gasteiger partial charge in [0, 0.05) is 6.07 Å². The Morgan fingerprint density at radius 3 is 2.11 bits per heavy atom. The van der Waals surface area contributed by atoms with Crippen LogP contribution in [0.25, 0.3) is 0 Å². The lowest BCUT2D eigenvalue weighted by molar-refractivity contribution is -0.386. The van der Waals surface area contributed by atoms with Crippen LogP contribution in [0.3, 0.4) is 0 Å². The molecule has 0 heterocycles. The van der Waals surface area contributed by atoms with Crippen LogP contribution in [0.1, 0.15) is 23.3 Å². The highest BCUT2D eigenvalue weighted by Crippen LogP contribution is 2.33. The molecule has 2 aromatic rings. The summed E-state index contributed by atoms with van der Waals surface area (Å²) in [6.45, 7) is 0. The number of nitrogens with zero attached hydrogens (tertiary/aromatic N) is 1. The van der Waals surface area contributed by atoms with Gasteiger partial charge in [-0.05, 0) is 11.6 Å². The molecule has 0 aromatic heterocycles. The number of benzene rings is 2. The fourth-order valence-corrected chi connectivity index (χ4v) is 1.91. The summed E-state index contributed by atoms with van der Waals surface area (Å²) in [7, 11) is 0. The number of para-hydroxylation sites is 1. The van der Waals surface area contributed by atoms with Crippen molar-refractivity contribution >= 4 is 5.69 Å². The van der Waals surface area contributed by atoms with Crippen molar-refractivity contribution in [3.05, 3.63) is 75.8 Å². The largest absolute Gasteiger partial charge is 0.385 e. The first-order valence-corrected chi connectivity index (χ1v) is 5.75. The Morgan fingerprint density at radius 2 is 1.47 bits per heavy atom. The molecule has 5 nitrogen and oxygen atoms in total. The van der Waals surface area contributed by atoms with Crippen LogP contribution in [-0.2, 0) is 0 Å². The molecule has 2 N–H and O–H groups in total. The van der Waals surface area contributed by atoms with Crippen molar-refractivity contribution < 1.29 is 15.1 Å². The molecule has 2 rings (SSSR count). The molecule has 19 heavy (non-hydrogen) atoms. The summed E-state index contributed by atoms with van der Waals surface area (Å²) in [6.07, 6.45) is -2.55. The van der Waals surface area contributed by atoms with Crippen LogP contribution in [0.2, 0.25) is 0 Å². The van der Waals surface area contributed by atoms with Crippen molar-refractivity contribution in [2.75, 3.05) is 0 Å². The topological polar surface area (TPSA) is 83.6 Å². The number of hydrogen-bond donors (Lipinski definition) is 2. The summed E-state index contributed by atoms with van der Waals surface area (Å²) >= 11 is 0. The van der Waals surface area contributed by atoms with Crippen LogP contribution in [0.4, 0.5) is 5.69 Å². The molecule has 0 unspecified atom stereocenters. The summed E-state index contributed by atoms with van der Waals surface area (Å²) in [4.78, 5) is 10.3. The van der Waals surface area contributed by atoms with Gasteiger partial charge in [-0.15, -0.1) is 0 Å². The van der Waals surface area contributed by atoms with Gasteiger partial charge in [0.2, 0.25) is 0 Å². The standard InChI is InChI=1S/C14H13NO4/c16-13(10-6-2-1-3-7-10)14(17)11-8-4-5-9-12(11)15(18)19/h1-9,13-14,16-17H/t13-,14-/m0/s1. The maximum absolute atomic E-state index is 10.9. The summed E-state index contributed by atoms with van der Waals surface area (Å²) in [5.74, 6) is 0. The van der Waals surface area contributed by atoms with Crippen molar-refractivity contribution in [2.24, 2.45) is 0 Å². The van der Waals surface area contributed by atoms with Gasteiger partial charge in [0.1, 0.15) is 12.2 Å². The fourth-order valence-electron chi connectivity index (χ4n) is 1.91. The van der Waals surface area contributed by atoms with Gasteiger partial charge in [-0.3, -0.25) is 10.1 Å². The molecule has 0 amide bonds. The monoisotopic (exact) mass is 259 g/mol. The molecule has 0 aliphatic heterocycles. The zero-order chi connectivity index (χ0) is 13.8. The van der Waals surface area contributed by atoms with Crippen LogP contribution in [0.5, 0.6) is 0 Å². The molecule has 5 heteroatoms. The van der Waals surface area contributed by atoms with E-state index in [1.165, 1.54) is 18.2 Å². The van der Waals surface area contributed by atoms with E-state index >= 15 is 0 Å². The lowest BCUT2D eigenvalue weighted by Gasteiger charge is -2.18. The van der Waals surface area contributed by atoms with E-state index in [4.69, 9.17) is 0 Å². The zero-order valence-electron chi connectivity index (χ0n) is 10.0. The van der Waals surface area contributed by atoms with Gasteiger partial charge in [-0.25, -0.2) is 0 Å². The smallest absolute Gasteiger partial charge is 0.275 e. The number of hydrogen-bond acceptors (Lipinski definition) is 4. The number of rotatable bonds is 4. The minimum Gasteiger partial charge on any atom is -0.385 e. The highest BCUT2D eigenvalue weighted by molar-refractivity contribution is 5.42. The number of nitro groups is 1. The summed E-state index contributed by atoms with van der Waals surface area (Å²) < 4.78 is 0. The summed E-state index contributed by atoms with van der Waals surface area (Å²) in [5.41, 5.74) is 0.405. The zero-order valence-corrected chi connectivity index (χ0v) is 10.0. The van der Waals surface area contributed by atoms with Crippen molar-refractivity contribution in [1.82, 2.24) is 0 Å². The Kier molecular flexibility index (Phi) is 3.89. The predicted molar refractivity (Wildman–Crippen MR) is 69.5 cm³/mol. The van der Waals surface area contributed by atoms with E-state index in [0.29, 0.717) is 5.56 Å². The third-order valence-electron chi connectivity index (χ3n) is 2.89. The van der Waals surface area contributed by atoms with E-state index in [0.717, 1.165) is 0 Å². The second-order valence-corrected chi connectivity index (χ2v) is 4.12. The lowest BCUT2D eigenvalue weighted by atomic mass is 9.97. The van der Waals surface area contributed by atoms with Crippen LogP contribution in [0, 0.1) is 10.1 Å². The molecule has 0 aliphatic carbocycles. The first-order chi connectivity index (χ1) is 9.11. The average Bonchev–Trinajstić information content (AvgIpc) is 2.46. The quantitative estimate of drug-likeness (QED) is 0.652. The first-order valence-electron chi connectivity index (χ1n) is 5.75. The number of aliphatic hydroxyl groups excluding tert-OH is 2. The summed E-state index contributed by atoms with van der Waals surface area (Å²) in [6, 6.07) is 14.4. The highest BCUT2D eigenvalue weighted by atomic mass is 16.6. The minimum atomic E-state index is -1.34. The molecule has 98 valence electrons. The minimum absolute atomic E-state index is 0.101. The van der Waals surface area contributed by atoms with E-state index in [2.05, 4.69) is 0 Å². The Hall–Kier alpha value is -2.24. The van der Waals surface area contributed by atoms with Crippen LogP contribution in [0.15, 0.2) is 54.6 Å².